The first-order valence-electron chi connectivity index (χ1n) is 7.18. The Morgan fingerprint density at radius 3 is 2.50 bits per heavy atom. The molecule has 3 rings (SSSR count). The molecule has 0 spiro atoms. The number of hydrogen-bond donors (Lipinski definition) is 0. The van der Waals surface area contributed by atoms with Gasteiger partial charge in [-0.3, -0.25) is 0 Å². The molecule has 0 aliphatic heterocycles. The highest BCUT2D eigenvalue weighted by atomic mass is 127. The van der Waals surface area contributed by atoms with Crippen LogP contribution in [0.2, 0.25) is 0 Å². The Morgan fingerprint density at radius 1 is 1.09 bits per heavy atom. The molecule has 0 amide bonds. The lowest BCUT2D eigenvalue weighted by Gasteiger charge is -2.10. The standard InChI is InChI=1S/C18H16IN3/c1-3-13-9-5-7-11-15(13)17-18(22(19)21-20-17)16-12-8-6-10-14(16)4-2/h3,5-12H,1,4H2,2H3. The SMILES string of the molecule is C=Cc1ccccc1-c1nnn(I)c1-c1ccccc1CC. The highest BCUT2D eigenvalue weighted by Crippen LogP contribution is 2.35. The molecule has 0 bridgehead atoms. The minimum atomic E-state index is 0.894. The monoisotopic (exact) mass is 401 g/mol. The van der Waals surface area contributed by atoms with Gasteiger partial charge >= 0.3 is 0 Å². The van der Waals surface area contributed by atoms with Gasteiger partial charge in [-0.15, -0.1) is 5.10 Å². The molecule has 0 aliphatic carbocycles. The fourth-order valence-corrected chi connectivity index (χ4v) is 3.21. The van der Waals surface area contributed by atoms with Crippen LogP contribution in [0.1, 0.15) is 18.1 Å². The van der Waals surface area contributed by atoms with E-state index in [-0.39, 0.29) is 0 Å². The molecule has 3 aromatic rings. The Balaban J connectivity index is 2.27. The summed E-state index contributed by atoms with van der Waals surface area (Å²) in [7, 11) is 0. The van der Waals surface area contributed by atoms with E-state index in [4.69, 9.17) is 0 Å². The van der Waals surface area contributed by atoms with E-state index in [9.17, 15) is 0 Å². The third-order valence-corrected chi connectivity index (χ3v) is 4.40. The van der Waals surface area contributed by atoms with E-state index in [1.807, 2.05) is 27.2 Å². The lowest BCUT2D eigenvalue weighted by atomic mass is 9.97. The van der Waals surface area contributed by atoms with Gasteiger partial charge in [-0.1, -0.05) is 73.3 Å². The second kappa shape index (κ2) is 6.44. The van der Waals surface area contributed by atoms with Gasteiger partial charge in [0.25, 0.3) is 0 Å². The minimum absolute atomic E-state index is 0.894. The summed E-state index contributed by atoms with van der Waals surface area (Å²) in [5.74, 6) is 0. The molecule has 0 radical (unpaired) electrons. The van der Waals surface area contributed by atoms with E-state index in [0.29, 0.717) is 0 Å². The summed E-state index contributed by atoms with van der Waals surface area (Å²) in [5.41, 5.74) is 6.52. The van der Waals surface area contributed by atoms with E-state index in [1.54, 1.807) is 0 Å². The summed E-state index contributed by atoms with van der Waals surface area (Å²) >= 11 is 2.19. The summed E-state index contributed by atoms with van der Waals surface area (Å²) in [6.45, 7) is 6.07. The number of halogens is 1. The van der Waals surface area contributed by atoms with Crippen molar-refractivity contribution in [3.05, 3.63) is 66.2 Å². The minimum Gasteiger partial charge on any atom is -0.183 e. The van der Waals surface area contributed by atoms with Gasteiger partial charge in [0.1, 0.15) is 11.4 Å². The third-order valence-electron chi connectivity index (χ3n) is 3.72. The maximum absolute atomic E-state index is 4.40. The van der Waals surface area contributed by atoms with Gasteiger partial charge in [-0.25, -0.2) is 0 Å². The Hall–Kier alpha value is -1.95. The Bertz CT molecular complexity index is 821. The summed E-state index contributed by atoms with van der Waals surface area (Å²) < 4.78 is 1.82. The van der Waals surface area contributed by atoms with Crippen LogP contribution in [0.25, 0.3) is 28.6 Å². The molecule has 0 fully saturated rings. The molecular weight excluding hydrogens is 385 g/mol. The van der Waals surface area contributed by atoms with Crippen molar-refractivity contribution in [3.63, 3.8) is 0 Å². The third kappa shape index (κ3) is 2.59. The zero-order valence-electron chi connectivity index (χ0n) is 12.3. The smallest absolute Gasteiger partial charge is 0.122 e. The van der Waals surface area contributed by atoms with Crippen LogP contribution in [0.15, 0.2) is 55.1 Å². The van der Waals surface area contributed by atoms with Crippen molar-refractivity contribution in [2.45, 2.75) is 13.3 Å². The van der Waals surface area contributed by atoms with E-state index in [0.717, 1.165) is 28.9 Å². The zero-order valence-corrected chi connectivity index (χ0v) is 14.5. The first kappa shape index (κ1) is 15.0. The molecule has 110 valence electrons. The molecule has 2 aromatic carbocycles. The molecule has 0 saturated carbocycles. The van der Waals surface area contributed by atoms with Crippen LogP contribution in [-0.4, -0.2) is 13.2 Å². The maximum Gasteiger partial charge on any atom is 0.122 e. The Labute approximate surface area is 144 Å². The largest absolute Gasteiger partial charge is 0.183 e. The van der Waals surface area contributed by atoms with Crippen LogP contribution in [0.5, 0.6) is 0 Å². The van der Waals surface area contributed by atoms with Crippen LogP contribution in [-0.2, 0) is 6.42 Å². The fourth-order valence-electron chi connectivity index (χ4n) is 2.62. The van der Waals surface area contributed by atoms with Crippen LogP contribution in [0, 0.1) is 0 Å². The number of aromatic nitrogens is 3. The molecule has 0 atom stereocenters. The highest BCUT2D eigenvalue weighted by molar-refractivity contribution is 14.1. The molecule has 3 nitrogen and oxygen atoms in total. The van der Waals surface area contributed by atoms with Gasteiger partial charge < -0.3 is 0 Å². The lowest BCUT2D eigenvalue weighted by Crippen LogP contribution is -1.94. The normalized spacial score (nSPS) is 10.6. The predicted molar refractivity (Wildman–Crippen MR) is 99.8 cm³/mol. The van der Waals surface area contributed by atoms with Crippen molar-refractivity contribution >= 4 is 28.9 Å². The average Bonchev–Trinajstić information content (AvgIpc) is 2.96. The molecule has 0 N–H and O–H groups in total. The van der Waals surface area contributed by atoms with Gasteiger partial charge in [0.15, 0.2) is 0 Å². The van der Waals surface area contributed by atoms with Crippen molar-refractivity contribution < 1.29 is 0 Å². The number of aryl methyl sites for hydroxylation is 1. The highest BCUT2D eigenvalue weighted by Gasteiger charge is 2.19. The molecule has 1 heterocycles. The van der Waals surface area contributed by atoms with Crippen molar-refractivity contribution in [3.8, 4) is 22.5 Å². The van der Waals surface area contributed by atoms with E-state index >= 15 is 0 Å². The van der Waals surface area contributed by atoms with Gasteiger partial charge in [0.05, 0.1) is 22.9 Å². The van der Waals surface area contributed by atoms with Crippen LogP contribution >= 0.6 is 22.9 Å². The number of benzene rings is 2. The van der Waals surface area contributed by atoms with Crippen LogP contribution in [0.3, 0.4) is 0 Å². The van der Waals surface area contributed by atoms with Gasteiger partial charge in [-0.2, -0.15) is 2.90 Å². The first-order chi connectivity index (χ1) is 10.8. The molecule has 22 heavy (non-hydrogen) atoms. The zero-order chi connectivity index (χ0) is 15.5. The van der Waals surface area contributed by atoms with Crippen LogP contribution in [0.4, 0.5) is 0 Å². The number of rotatable bonds is 4. The first-order valence-corrected chi connectivity index (χ1v) is 8.14. The summed E-state index contributed by atoms with van der Waals surface area (Å²) in [6.07, 6.45) is 2.83. The number of hydrogen-bond acceptors (Lipinski definition) is 2. The van der Waals surface area contributed by atoms with Crippen molar-refractivity contribution in [2.24, 2.45) is 0 Å². The summed E-state index contributed by atoms with van der Waals surface area (Å²) in [5, 5.41) is 8.64. The topological polar surface area (TPSA) is 30.7 Å². The Morgan fingerprint density at radius 2 is 1.77 bits per heavy atom. The quantitative estimate of drug-likeness (QED) is 0.575. The van der Waals surface area contributed by atoms with Crippen molar-refractivity contribution in [2.75, 3.05) is 0 Å². The molecular formula is C18H16IN3. The van der Waals surface area contributed by atoms with E-state index in [1.165, 1.54) is 11.1 Å². The Kier molecular flexibility index (Phi) is 4.38. The number of nitrogens with zero attached hydrogens (tertiary/aromatic N) is 3. The second-order valence-corrected chi connectivity index (χ2v) is 5.86. The van der Waals surface area contributed by atoms with Gasteiger partial charge in [0.2, 0.25) is 0 Å². The average molecular weight is 401 g/mol. The summed E-state index contributed by atoms with van der Waals surface area (Å²) in [6, 6.07) is 16.6. The van der Waals surface area contributed by atoms with E-state index in [2.05, 4.69) is 77.0 Å². The fraction of sp³-hybridized carbons (Fsp3) is 0.111. The summed E-state index contributed by atoms with van der Waals surface area (Å²) in [4.78, 5) is 0. The van der Waals surface area contributed by atoms with Gasteiger partial charge in [0, 0.05) is 11.1 Å². The predicted octanol–water partition coefficient (Wildman–Crippen LogP) is 5.02. The molecule has 0 unspecified atom stereocenters. The molecule has 0 aliphatic rings. The van der Waals surface area contributed by atoms with Crippen LogP contribution < -0.4 is 0 Å². The van der Waals surface area contributed by atoms with Gasteiger partial charge in [-0.05, 0) is 17.5 Å². The molecule has 4 heteroatoms. The maximum atomic E-state index is 4.40. The van der Waals surface area contributed by atoms with Crippen molar-refractivity contribution in [1.82, 2.24) is 13.2 Å². The second-order valence-electron chi connectivity index (χ2n) is 4.95. The molecule has 0 saturated heterocycles. The van der Waals surface area contributed by atoms with E-state index < -0.39 is 0 Å². The van der Waals surface area contributed by atoms with Crippen molar-refractivity contribution in [1.29, 1.82) is 0 Å². The lowest BCUT2D eigenvalue weighted by molar-refractivity contribution is 0.922. The molecule has 1 aromatic heterocycles.